The summed E-state index contributed by atoms with van der Waals surface area (Å²) >= 11 is 0. The highest BCUT2D eigenvalue weighted by Crippen LogP contribution is 2.42. The molecule has 0 N–H and O–H groups in total. The number of carbonyl (C=O) groups is 1. The Morgan fingerprint density at radius 3 is 2.73 bits per heavy atom. The Morgan fingerprint density at radius 1 is 1.07 bits per heavy atom. The molecule has 3 aromatic rings. The summed E-state index contributed by atoms with van der Waals surface area (Å²) in [6.45, 7) is 3.54. The zero-order valence-electron chi connectivity index (χ0n) is 16.7. The van der Waals surface area contributed by atoms with E-state index in [9.17, 15) is 4.79 Å². The second-order valence-electron chi connectivity index (χ2n) is 7.91. The van der Waals surface area contributed by atoms with Crippen LogP contribution in [-0.2, 0) is 22.6 Å². The lowest BCUT2D eigenvalue weighted by atomic mass is 9.83. The van der Waals surface area contributed by atoms with Gasteiger partial charge >= 0.3 is 0 Å². The minimum absolute atomic E-state index is 0.0429. The summed E-state index contributed by atoms with van der Waals surface area (Å²) in [7, 11) is 0. The van der Waals surface area contributed by atoms with Crippen molar-refractivity contribution in [2.75, 3.05) is 26.2 Å². The quantitative estimate of drug-likeness (QED) is 0.651. The molecular weight excluding hydrogens is 380 g/mol. The van der Waals surface area contributed by atoms with Crippen LogP contribution in [0.15, 0.2) is 71.9 Å². The molecule has 1 amide bonds. The molecule has 7 heteroatoms. The lowest BCUT2D eigenvalue weighted by Gasteiger charge is -2.42. The number of carbonyl (C=O) groups excluding carboxylic acids is 1. The molecule has 5 rings (SSSR count). The van der Waals surface area contributed by atoms with E-state index in [1.54, 1.807) is 24.9 Å². The number of morpholine rings is 1. The Hall–Kier alpha value is -3.03. The van der Waals surface area contributed by atoms with Gasteiger partial charge in [-0.3, -0.25) is 19.7 Å². The maximum atomic E-state index is 13.8. The van der Waals surface area contributed by atoms with E-state index in [1.807, 2.05) is 47.5 Å². The van der Waals surface area contributed by atoms with Gasteiger partial charge in [0.1, 0.15) is 5.76 Å². The van der Waals surface area contributed by atoms with Gasteiger partial charge in [-0.2, -0.15) is 0 Å². The average molecular weight is 404 g/mol. The summed E-state index contributed by atoms with van der Waals surface area (Å²) in [6, 6.07) is 11.7. The molecule has 0 radical (unpaired) electrons. The molecule has 30 heavy (non-hydrogen) atoms. The molecule has 0 aliphatic carbocycles. The van der Waals surface area contributed by atoms with Crippen LogP contribution in [-0.4, -0.2) is 57.5 Å². The number of likely N-dealkylation sites (tertiary alicyclic amines) is 1. The van der Waals surface area contributed by atoms with Gasteiger partial charge in [0.15, 0.2) is 5.60 Å². The standard InChI is InChI=1S/C23H24N4O3/c28-22-23(30-12-10-27(22)14-18-5-8-24-9-6-18)17-26(15-20-4-2-11-29-20)16-21(23)19-3-1-7-25-13-19/h1-9,11,13,21H,10,12,14-17H2. The van der Waals surface area contributed by atoms with E-state index in [-0.39, 0.29) is 11.8 Å². The first kappa shape index (κ1) is 19.0. The van der Waals surface area contributed by atoms with Crippen LogP contribution in [0.2, 0.25) is 0 Å². The van der Waals surface area contributed by atoms with Gasteiger partial charge in [0.2, 0.25) is 0 Å². The number of aromatic nitrogens is 2. The zero-order chi connectivity index (χ0) is 20.4. The van der Waals surface area contributed by atoms with Crippen LogP contribution in [0.5, 0.6) is 0 Å². The molecule has 2 saturated heterocycles. The van der Waals surface area contributed by atoms with Crippen LogP contribution in [0, 0.1) is 0 Å². The monoisotopic (exact) mass is 404 g/mol. The maximum absolute atomic E-state index is 13.8. The maximum Gasteiger partial charge on any atom is 0.257 e. The van der Waals surface area contributed by atoms with Crippen molar-refractivity contribution in [3.05, 3.63) is 84.3 Å². The molecule has 0 bridgehead atoms. The van der Waals surface area contributed by atoms with Crippen molar-refractivity contribution in [1.29, 1.82) is 0 Å². The van der Waals surface area contributed by atoms with Crippen molar-refractivity contribution in [2.24, 2.45) is 0 Å². The molecule has 2 aliphatic rings. The predicted octanol–water partition coefficient (Wildman–Crippen LogP) is 2.47. The summed E-state index contributed by atoms with van der Waals surface area (Å²) in [4.78, 5) is 26.3. The van der Waals surface area contributed by atoms with Gasteiger partial charge in [-0.1, -0.05) is 6.07 Å². The Bertz CT molecular complexity index is 980. The molecule has 2 atom stereocenters. The van der Waals surface area contributed by atoms with Crippen molar-refractivity contribution in [2.45, 2.75) is 24.6 Å². The van der Waals surface area contributed by atoms with E-state index in [4.69, 9.17) is 9.15 Å². The first-order chi connectivity index (χ1) is 14.7. The highest BCUT2D eigenvalue weighted by atomic mass is 16.5. The first-order valence-electron chi connectivity index (χ1n) is 10.2. The van der Waals surface area contributed by atoms with Gasteiger partial charge in [-0.05, 0) is 41.5 Å². The molecule has 0 aromatic carbocycles. The summed E-state index contributed by atoms with van der Waals surface area (Å²) in [5, 5.41) is 0. The topological polar surface area (TPSA) is 71.7 Å². The fourth-order valence-corrected chi connectivity index (χ4v) is 4.60. The number of amides is 1. The molecule has 2 aliphatic heterocycles. The fourth-order valence-electron chi connectivity index (χ4n) is 4.60. The number of hydrogen-bond acceptors (Lipinski definition) is 6. The Kier molecular flexibility index (Phi) is 5.06. The number of ether oxygens (including phenoxy) is 1. The molecule has 2 unspecified atom stereocenters. The Labute approximate surface area is 175 Å². The van der Waals surface area contributed by atoms with E-state index in [0.29, 0.717) is 39.3 Å². The number of pyridine rings is 2. The minimum Gasteiger partial charge on any atom is -0.468 e. The van der Waals surface area contributed by atoms with Crippen molar-refractivity contribution in [3.63, 3.8) is 0 Å². The van der Waals surface area contributed by atoms with Gasteiger partial charge < -0.3 is 14.1 Å². The van der Waals surface area contributed by atoms with Crippen molar-refractivity contribution in [3.8, 4) is 0 Å². The molecule has 5 heterocycles. The number of rotatable bonds is 5. The van der Waals surface area contributed by atoms with Gasteiger partial charge in [-0.15, -0.1) is 0 Å². The Balaban J connectivity index is 1.45. The van der Waals surface area contributed by atoms with E-state index >= 15 is 0 Å². The lowest BCUT2D eigenvalue weighted by Crippen LogP contribution is -2.59. The van der Waals surface area contributed by atoms with Gasteiger partial charge in [0.05, 0.1) is 19.4 Å². The van der Waals surface area contributed by atoms with Crippen LogP contribution in [0.4, 0.5) is 0 Å². The fraction of sp³-hybridized carbons (Fsp3) is 0.348. The average Bonchev–Trinajstić information content (AvgIpc) is 3.42. The minimum atomic E-state index is -0.916. The van der Waals surface area contributed by atoms with E-state index in [0.717, 1.165) is 16.9 Å². The molecule has 7 nitrogen and oxygen atoms in total. The molecular formula is C23H24N4O3. The third-order valence-electron chi connectivity index (χ3n) is 6.00. The second-order valence-corrected chi connectivity index (χ2v) is 7.91. The third kappa shape index (κ3) is 3.51. The van der Waals surface area contributed by atoms with E-state index in [2.05, 4.69) is 14.9 Å². The smallest absolute Gasteiger partial charge is 0.257 e. The SMILES string of the molecule is O=C1N(Cc2ccncc2)CCOC12CN(Cc1ccco1)CC2c1cccnc1. The van der Waals surface area contributed by atoms with Crippen LogP contribution in [0.1, 0.15) is 22.8 Å². The van der Waals surface area contributed by atoms with Gasteiger partial charge in [0.25, 0.3) is 5.91 Å². The highest BCUT2D eigenvalue weighted by molar-refractivity contribution is 5.88. The van der Waals surface area contributed by atoms with Crippen LogP contribution >= 0.6 is 0 Å². The van der Waals surface area contributed by atoms with E-state index < -0.39 is 5.60 Å². The van der Waals surface area contributed by atoms with Crippen LogP contribution in [0.3, 0.4) is 0 Å². The first-order valence-corrected chi connectivity index (χ1v) is 10.2. The summed E-state index contributed by atoms with van der Waals surface area (Å²) in [5.74, 6) is 0.837. The summed E-state index contributed by atoms with van der Waals surface area (Å²) in [6.07, 6.45) is 8.80. The van der Waals surface area contributed by atoms with Gasteiger partial charge in [-0.25, -0.2) is 0 Å². The highest BCUT2D eigenvalue weighted by Gasteiger charge is 2.57. The number of nitrogens with zero attached hydrogens (tertiary/aromatic N) is 4. The molecule has 2 fully saturated rings. The number of furan rings is 1. The van der Waals surface area contributed by atoms with Crippen molar-refractivity contribution >= 4 is 5.91 Å². The molecule has 1 spiro atoms. The summed E-state index contributed by atoms with van der Waals surface area (Å²) in [5.41, 5.74) is 1.18. The summed E-state index contributed by atoms with van der Waals surface area (Å²) < 4.78 is 11.9. The molecule has 154 valence electrons. The molecule has 3 aromatic heterocycles. The predicted molar refractivity (Wildman–Crippen MR) is 109 cm³/mol. The van der Waals surface area contributed by atoms with Crippen LogP contribution < -0.4 is 0 Å². The van der Waals surface area contributed by atoms with Crippen molar-refractivity contribution < 1.29 is 13.9 Å². The molecule has 0 saturated carbocycles. The zero-order valence-corrected chi connectivity index (χ0v) is 16.7. The largest absolute Gasteiger partial charge is 0.468 e. The number of hydrogen-bond donors (Lipinski definition) is 0. The van der Waals surface area contributed by atoms with Crippen LogP contribution in [0.25, 0.3) is 0 Å². The Morgan fingerprint density at radius 2 is 1.97 bits per heavy atom. The van der Waals surface area contributed by atoms with Crippen molar-refractivity contribution in [1.82, 2.24) is 19.8 Å². The van der Waals surface area contributed by atoms with E-state index in [1.165, 1.54) is 0 Å². The normalized spacial score (nSPS) is 24.6. The third-order valence-corrected chi connectivity index (χ3v) is 6.00. The van der Waals surface area contributed by atoms with Gasteiger partial charge in [0, 0.05) is 56.9 Å². The second kappa shape index (κ2) is 8.01. The lowest BCUT2D eigenvalue weighted by molar-refractivity contribution is -0.173.